The number of hydrogen-bond donors (Lipinski definition) is 2. The highest BCUT2D eigenvalue weighted by atomic mass is 32.3. The van der Waals surface area contributed by atoms with E-state index in [4.69, 9.17) is 9.29 Å². The molecule has 5 aliphatic carbocycles. The molecular formula is C32H46O9S. The van der Waals surface area contributed by atoms with E-state index in [0.717, 1.165) is 32.1 Å². The molecule has 4 fully saturated rings. The average molecular weight is 607 g/mol. The second-order valence-electron chi connectivity index (χ2n) is 14.7. The van der Waals surface area contributed by atoms with Gasteiger partial charge >= 0.3 is 16.4 Å². The van der Waals surface area contributed by atoms with Crippen molar-refractivity contribution < 1.29 is 41.4 Å². The molecule has 12 atom stereocenters. The van der Waals surface area contributed by atoms with Gasteiger partial charge in [-0.15, -0.1) is 0 Å². The Labute approximate surface area is 249 Å². The molecule has 2 spiro atoms. The summed E-state index contributed by atoms with van der Waals surface area (Å²) in [4.78, 5) is 38.4. The minimum Gasteiger partial charge on any atom is -0.462 e. The molecule has 234 valence electrons. The fraction of sp³-hybridized carbons (Fsp3) is 0.781. The Morgan fingerprint density at radius 3 is 2.45 bits per heavy atom. The molecule has 0 bridgehead atoms. The Bertz CT molecular complexity index is 1340. The second-order valence-corrected chi connectivity index (χ2v) is 15.7. The number of aliphatic hydroxyl groups excluding tert-OH is 1. The smallest absolute Gasteiger partial charge is 0.397 e. The van der Waals surface area contributed by atoms with E-state index in [-0.39, 0.29) is 44.9 Å². The minimum atomic E-state index is -4.68. The van der Waals surface area contributed by atoms with Gasteiger partial charge in [-0.2, -0.15) is 8.42 Å². The van der Waals surface area contributed by atoms with Crippen molar-refractivity contribution in [3.63, 3.8) is 0 Å². The van der Waals surface area contributed by atoms with Crippen LogP contribution in [0, 0.1) is 57.2 Å². The number of ketones is 2. The predicted octanol–water partition coefficient (Wildman–Crippen LogP) is 4.50. The highest BCUT2D eigenvalue weighted by molar-refractivity contribution is 7.80. The van der Waals surface area contributed by atoms with Crippen LogP contribution in [0.2, 0.25) is 0 Å². The van der Waals surface area contributed by atoms with Crippen LogP contribution in [0.3, 0.4) is 0 Å². The third-order valence-electron chi connectivity index (χ3n) is 13.1. The summed E-state index contributed by atoms with van der Waals surface area (Å²) in [5.74, 6) is -1.68. The zero-order valence-corrected chi connectivity index (χ0v) is 26.4. The molecule has 0 aromatic carbocycles. The van der Waals surface area contributed by atoms with Gasteiger partial charge in [-0.25, -0.2) is 4.18 Å². The van der Waals surface area contributed by atoms with Gasteiger partial charge in [-0.3, -0.25) is 18.9 Å². The van der Waals surface area contributed by atoms with Crippen LogP contribution < -0.4 is 0 Å². The van der Waals surface area contributed by atoms with Crippen LogP contribution in [0.1, 0.15) is 80.1 Å². The van der Waals surface area contributed by atoms with E-state index in [1.807, 2.05) is 13.0 Å². The van der Waals surface area contributed by atoms with Gasteiger partial charge in [-0.1, -0.05) is 47.3 Å². The molecular weight excluding hydrogens is 560 g/mol. The molecule has 0 heterocycles. The van der Waals surface area contributed by atoms with E-state index >= 15 is 0 Å². The van der Waals surface area contributed by atoms with Crippen molar-refractivity contribution in [3.05, 3.63) is 24.3 Å². The molecule has 0 saturated heterocycles. The fourth-order valence-corrected chi connectivity index (χ4v) is 11.2. The number of carbonyl (C=O) groups is 3. The van der Waals surface area contributed by atoms with Crippen LogP contribution in [0.4, 0.5) is 0 Å². The lowest BCUT2D eigenvalue weighted by Crippen LogP contribution is -2.56. The number of allylic oxidation sites excluding steroid dienone is 2. The van der Waals surface area contributed by atoms with Crippen molar-refractivity contribution in [2.75, 3.05) is 6.61 Å². The molecule has 2 N–H and O–H groups in total. The van der Waals surface area contributed by atoms with Gasteiger partial charge < -0.3 is 9.84 Å². The minimum absolute atomic E-state index is 0.00143. The average Bonchev–Trinajstić information content (AvgIpc) is 3.51. The number of ether oxygens (including phenoxy) is 1. The van der Waals surface area contributed by atoms with E-state index < -0.39 is 52.8 Å². The predicted molar refractivity (Wildman–Crippen MR) is 154 cm³/mol. The van der Waals surface area contributed by atoms with Crippen molar-refractivity contribution in [1.82, 2.24) is 0 Å². The zero-order valence-electron chi connectivity index (χ0n) is 25.6. The first kappa shape index (κ1) is 31.5. The van der Waals surface area contributed by atoms with Gasteiger partial charge in [0, 0.05) is 24.7 Å². The number of rotatable bonds is 9. The summed E-state index contributed by atoms with van der Waals surface area (Å²) in [5.41, 5.74) is -0.391. The monoisotopic (exact) mass is 606 g/mol. The molecule has 42 heavy (non-hydrogen) atoms. The summed E-state index contributed by atoms with van der Waals surface area (Å²) in [6.45, 7) is 14.7. The van der Waals surface area contributed by atoms with Gasteiger partial charge in [0.15, 0.2) is 11.6 Å². The highest BCUT2D eigenvalue weighted by Crippen LogP contribution is 2.87. The molecule has 5 rings (SSSR count). The van der Waals surface area contributed by atoms with Crippen molar-refractivity contribution >= 4 is 27.9 Å². The van der Waals surface area contributed by atoms with Crippen LogP contribution >= 0.6 is 0 Å². The summed E-state index contributed by atoms with van der Waals surface area (Å²) >= 11 is 0. The standard InChI is InChI=1S/C32H46O9S/c1-17(15-40-42(37,38)39)18(2)27(35)28(36)20(4)26-24(41-21(5)33)14-30(7)25-9-8-22-19(3)23(34)10-11-31(22)16-32(25,31)13-12-29(26,30)6/h10-11,17,19-20,22,24-26,28,36H,2,8-9,12-16H2,1,3-7H3,(H,37,38,39)/t17-,19-,20-,22-,24-,25-,26-,28+,29+,30-,31+,32-/m0/s1. The summed E-state index contributed by atoms with van der Waals surface area (Å²) < 4.78 is 41.3. The van der Waals surface area contributed by atoms with E-state index in [2.05, 4.69) is 37.6 Å². The number of carbonyl (C=O) groups excluding carboxylic acids is 3. The quantitative estimate of drug-likeness (QED) is 0.220. The maximum absolute atomic E-state index is 13.4. The third kappa shape index (κ3) is 4.41. The number of hydrogen-bond acceptors (Lipinski definition) is 8. The Hall–Kier alpha value is -1.88. The summed E-state index contributed by atoms with van der Waals surface area (Å²) in [6, 6.07) is 0. The normalized spacial score (nSPS) is 44.1. The van der Waals surface area contributed by atoms with E-state index in [1.165, 1.54) is 13.8 Å². The Morgan fingerprint density at radius 2 is 1.83 bits per heavy atom. The maximum Gasteiger partial charge on any atom is 0.397 e. The summed E-state index contributed by atoms with van der Waals surface area (Å²) in [6.07, 6.45) is 7.67. The molecule has 4 saturated carbocycles. The molecule has 5 aliphatic rings. The molecule has 10 heteroatoms. The molecule has 0 radical (unpaired) electrons. The number of aliphatic hydroxyl groups is 1. The van der Waals surface area contributed by atoms with E-state index in [1.54, 1.807) is 0 Å². The molecule has 0 aliphatic heterocycles. The first-order chi connectivity index (χ1) is 19.4. The summed E-state index contributed by atoms with van der Waals surface area (Å²) in [7, 11) is -4.68. The van der Waals surface area contributed by atoms with Crippen molar-refractivity contribution in [2.24, 2.45) is 57.2 Å². The van der Waals surface area contributed by atoms with Crippen LogP contribution in [0.5, 0.6) is 0 Å². The second kappa shape index (κ2) is 10.1. The molecule has 0 unspecified atom stereocenters. The van der Waals surface area contributed by atoms with E-state index in [9.17, 15) is 27.9 Å². The number of esters is 1. The topological polar surface area (TPSA) is 144 Å². The summed E-state index contributed by atoms with van der Waals surface area (Å²) in [5, 5.41) is 11.4. The first-order valence-electron chi connectivity index (χ1n) is 15.3. The highest BCUT2D eigenvalue weighted by Gasteiger charge is 2.81. The van der Waals surface area contributed by atoms with Crippen molar-refractivity contribution in [2.45, 2.75) is 92.3 Å². The van der Waals surface area contributed by atoms with Gasteiger partial charge in [0.2, 0.25) is 0 Å². The number of fused-ring (bicyclic) bond motifs is 2. The zero-order chi connectivity index (χ0) is 31.2. The number of Topliss-reactive ketones (excluding diaryl/α,β-unsaturated/α-hetero) is 1. The molecule has 0 aromatic rings. The molecule has 9 nitrogen and oxygen atoms in total. The first-order valence-corrected chi connectivity index (χ1v) is 16.6. The lowest BCUT2D eigenvalue weighted by Gasteiger charge is -2.61. The fourth-order valence-electron chi connectivity index (χ4n) is 10.8. The Morgan fingerprint density at radius 1 is 1.17 bits per heavy atom. The van der Waals surface area contributed by atoms with Crippen LogP contribution in [-0.4, -0.2) is 54.4 Å². The van der Waals surface area contributed by atoms with Gasteiger partial charge in [0.1, 0.15) is 12.2 Å². The van der Waals surface area contributed by atoms with Crippen LogP contribution in [0.25, 0.3) is 0 Å². The van der Waals surface area contributed by atoms with Crippen molar-refractivity contribution in [3.8, 4) is 0 Å². The third-order valence-corrected chi connectivity index (χ3v) is 13.5. The Balaban J connectivity index is 1.44. The SMILES string of the molecule is C=C(C(=O)[C@H](O)[C@@H](C)[C@H]1[C@@H](OC(C)=O)C[C@@]2(C)[C@@H]3CC[C@H]4[C@H](C)C(=O)C=C[C@@]45C[C@@]35CC[C@]12C)[C@@H](C)COS(=O)(=O)O. The van der Waals surface area contributed by atoms with Crippen molar-refractivity contribution in [1.29, 1.82) is 0 Å². The van der Waals surface area contributed by atoms with Gasteiger partial charge in [0.05, 0.1) is 6.61 Å². The van der Waals surface area contributed by atoms with Crippen LogP contribution in [-0.2, 0) is 33.7 Å². The van der Waals surface area contributed by atoms with Crippen LogP contribution in [0.15, 0.2) is 24.3 Å². The van der Waals surface area contributed by atoms with E-state index in [0.29, 0.717) is 18.3 Å². The molecule has 0 amide bonds. The molecule has 0 aromatic heterocycles. The van der Waals surface area contributed by atoms with Gasteiger partial charge in [0.25, 0.3) is 0 Å². The lowest BCUT2D eigenvalue weighted by molar-refractivity contribution is -0.154. The largest absolute Gasteiger partial charge is 0.462 e. The Kier molecular flexibility index (Phi) is 7.57. The maximum atomic E-state index is 13.4. The van der Waals surface area contributed by atoms with Gasteiger partial charge in [-0.05, 0) is 89.6 Å². The lowest BCUT2D eigenvalue weighted by atomic mass is 9.43.